The number of carbonyl (C=O) groups excluding carboxylic acids is 1. The van der Waals surface area contributed by atoms with Crippen molar-refractivity contribution in [3.63, 3.8) is 0 Å². The predicted molar refractivity (Wildman–Crippen MR) is 109 cm³/mol. The van der Waals surface area contributed by atoms with Gasteiger partial charge in [0.2, 0.25) is 0 Å². The molecule has 2 aromatic rings. The molecule has 0 bridgehead atoms. The molecule has 4 rings (SSSR count). The van der Waals surface area contributed by atoms with Crippen LogP contribution in [0.1, 0.15) is 60.3 Å². The summed E-state index contributed by atoms with van der Waals surface area (Å²) in [6, 6.07) is 0. The van der Waals surface area contributed by atoms with Crippen LogP contribution < -0.4 is 10.6 Å². The first kappa shape index (κ1) is 17.6. The monoisotopic (exact) mass is 372 g/mol. The number of nitrogen functional groups attached to an aromatic ring is 1. The number of rotatable bonds is 4. The molecule has 5 nitrogen and oxygen atoms in total. The summed E-state index contributed by atoms with van der Waals surface area (Å²) in [7, 11) is 0. The van der Waals surface area contributed by atoms with Gasteiger partial charge in [-0.25, -0.2) is 4.98 Å². The molecule has 1 aliphatic heterocycles. The molecule has 0 spiro atoms. The summed E-state index contributed by atoms with van der Waals surface area (Å²) in [6.45, 7) is 7.61. The topological polar surface area (TPSA) is 62.5 Å². The summed E-state index contributed by atoms with van der Waals surface area (Å²) < 4.78 is 0. The Bertz CT molecular complexity index is 834. The number of nitrogens with zero attached hydrogens (tertiary/aromatic N) is 3. The highest BCUT2D eigenvalue weighted by Gasteiger charge is 2.28. The molecule has 140 valence electrons. The van der Waals surface area contributed by atoms with Crippen molar-refractivity contribution in [1.29, 1.82) is 0 Å². The minimum atomic E-state index is 0.0442. The van der Waals surface area contributed by atoms with Crippen LogP contribution in [0.25, 0.3) is 10.2 Å². The van der Waals surface area contributed by atoms with Gasteiger partial charge in [-0.05, 0) is 63.5 Å². The highest BCUT2D eigenvalue weighted by atomic mass is 32.1. The molecule has 1 amide bonds. The average molecular weight is 373 g/mol. The van der Waals surface area contributed by atoms with E-state index in [2.05, 4.69) is 4.90 Å². The Kier molecular flexibility index (Phi) is 4.78. The van der Waals surface area contributed by atoms with Crippen molar-refractivity contribution in [2.75, 3.05) is 36.8 Å². The first-order chi connectivity index (χ1) is 12.7. The molecule has 2 aromatic heterocycles. The van der Waals surface area contributed by atoms with E-state index in [-0.39, 0.29) is 5.91 Å². The van der Waals surface area contributed by atoms with Crippen LogP contribution in [-0.2, 0) is 12.8 Å². The van der Waals surface area contributed by atoms with Gasteiger partial charge in [0.1, 0.15) is 15.5 Å². The summed E-state index contributed by atoms with van der Waals surface area (Å²) in [5.74, 6) is 1.20. The van der Waals surface area contributed by atoms with Crippen molar-refractivity contribution < 1.29 is 4.79 Å². The van der Waals surface area contributed by atoms with Crippen LogP contribution in [0.15, 0.2) is 0 Å². The second-order valence-electron chi connectivity index (χ2n) is 7.30. The zero-order valence-electron chi connectivity index (χ0n) is 15.8. The number of aryl methyl sites for hydroxylation is 1. The first-order valence-electron chi connectivity index (χ1n) is 9.93. The smallest absolute Gasteiger partial charge is 0.266 e. The lowest BCUT2D eigenvalue weighted by atomic mass is 9.89. The Morgan fingerprint density at radius 1 is 1.12 bits per heavy atom. The molecule has 0 saturated carbocycles. The number of anilines is 2. The van der Waals surface area contributed by atoms with Crippen LogP contribution in [0.2, 0.25) is 0 Å². The van der Waals surface area contributed by atoms with Gasteiger partial charge in [0.25, 0.3) is 5.91 Å². The molecule has 0 aromatic carbocycles. The van der Waals surface area contributed by atoms with E-state index in [4.69, 9.17) is 10.7 Å². The zero-order valence-corrected chi connectivity index (χ0v) is 16.6. The first-order valence-corrected chi connectivity index (χ1v) is 10.7. The van der Waals surface area contributed by atoms with Crippen LogP contribution in [0.3, 0.4) is 0 Å². The fraction of sp³-hybridized carbons (Fsp3) is 0.600. The van der Waals surface area contributed by atoms with Crippen LogP contribution in [-0.4, -0.2) is 42.0 Å². The van der Waals surface area contributed by atoms with Crippen molar-refractivity contribution in [2.45, 2.75) is 52.4 Å². The average Bonchev–Trinajstić information content (AvgIpc) is 3.30. The Hall–Kier alpha value is -1.82. The molecule has 2 N–H and O–H groups in total. The number of aromatic nitrogens is 1. The normalized spacial score (nSPS) is 16.9. The molecule has 1 aliphatic carbocycles. The van der Waals surface area contributed by atoms with E-state index < -0.39 is 0 Å². The number of fused-ring (bicyclic) bond motifs is 3. The van der Waals surface area contributed by atoms with Crippen LogP contribution >= 0.6 is 11.3 Å². The van der Waals surface area contributed by atoms with Gasteiger partial charge < -0.3 is 15.5 Å². The fourth-order valence-corrected chi connectivity index (χ4v) is 5.49. The molecule has 3 heterocycles. The van der Waals surface area contributed by atoms with Gasteiger partial charge in [0, 0.05) is 31.6 Å². The summed E-state index contributed by atoms with van der Waals surface area (Å²) in [4.78, 5) is 23.9. The Morgan fingerprint density at radius 2 is 1.77 bits per heavy atom. The van der Waals surface area contributed by atoms with Crippen LogP contribution in [0.4, 0.5) is 11.5 Å². The molecule has 0 radical (unpaired) electrons. The molecule has 2 aliphatic rings. The van der Waals surface area contributed by atoms with Crippen LogP contribution in [0, 0.1) is 0 Å². The summed E-state index contributed by atoms with van der Waals surface area (Å²) >= 11 is 1.48. The number of hydrogen-bond acceptors (Lipinski definition) is 5. The number of pyridine rings is 1. The summed E-state index contributed by atoms with van der Waals surface area (Å²) in [6.07, 6.45) is 7.03. The number of hydrogen-bond donors (Lipinski definition) is 1. The van der Waals surface area contributed by atoms with Crippen molar-refractivity contribution in [3.8, 4) is 0 Å². The second-order valence-corrected chi connectivity index (χ2v) is 8.30. The maximum absolute atomic E-state index is 12.9. The highest BCUT2D eigenvalue weighted by Crippen LogP contribution is 2.42. The maximum atomic E-state index is 12.9. The third-order valence-electron chi connectivity index (χ3n) is 5.82. The van der Waals surface area contributed by atoms with Crippen molar-refractivity contribution in [2.24, 2.45) is 0 Å². The Balaban J connectivity index is 1.89. The Labute approximate surface area is 159 Å². The molecule has 0 unspecified atom stereocenters. The minimum Gasteiger partial charge on any atom is -0.397 e. The van der Waals surface area contributed by atoms with E-state index >= 15 is 0 Å². The molecule has 1 saturated heterocycles. The van der Waals surface area contributed by atoms with Gasteiger partial charge in [-0.3, -0.25) is 4.79 Å². The van der Waals surface area contributed by atoms with E-state index in [0.29, 0.717) is 23.7 Å². The molecule has 6 heteroatoms. The zero-order chi connectivity index (χ0) is 18.3. The van der Waals surface area contributed by atoms with Gasteiger partial charge in [-0.15, -0.1) is 11.3 Å². The summed E-state index contributed by atoms with van der Waals surface area (Å²) in [5, 5.41) is 1.06. The minimum absolute atomic E-state index is 0.0442. The van der Waals surface area contributed by atoms with E-state index in [9.17, 15) is 4.79 Å². The number of nitrogens with two attached hydrogens (primary N) is 1. The number of amides is 1. The van der Waals surface area contributed by atoms with E-state index in [1.54, 1.807) is 0 Å². The van der Waals surface area contributed by atoms with Gasteiger partial charge in [0.05, 0.1) is 5.69 Å². The lowest BCUT2D eigenvalue weighted by Crippen LogP contribution is -2.30. The lowest BCUT2D eigenvalue weighted by Gasteiger charge is -2.25. The van der Waals surface area contributed by atoms with Gasteiger partial charge >= 0.3 is 0 Å². The van der Waals surface area contributed by atoms with Gasteiger partial charge in [-0.1, -0.05) is 0 Å². The SMILES string of the molecule is CCN(CC)C(=O)c1sc2nc(N3CCCC3)c3c(c2c1N)CCCC3. The molecule has 0 atom stereocenters. The van der Waals surface area contributed by atoms with Crippen molar-refractivity contribution >= 4 is 39.0 Å². The second kappa shape index (κ2) is 7.06. The van der Waals surface area contributed by atoms with Gasteiger partial charge in [0.15, 0.2) is 0 Å². The third kappa shape index (κ3) is 2.75. The highest BCUT2D eigenvalue weighted by molar-refractivity contribution is 7.21. The maximum Gasteiger partial charge on any atom is 0.266 e. The number of thiophene rings is 1. The predicted octanol–water partition coefficient (Wildman–Crippen LogP) is 3.84. The van der Waals surface area contributed by atoms with E-state index in [1.807, 2.05) is 18.7 Å². The van der Waals surface area contributed by atoms with E-state index in [1.165, 1.54) is 48.1 Å². The van der Waals surface area contributed by atoms with Crippen molar-refractivity contribution in [1.82, 2.24) is 9.88 Å². The van der Waals surface area contributed by atoms with E-state index in [0.717, 1.165) is 42.0 Å². The molecule has 26 heavy (non-hydrogen) atoms. The molecular weight excluding hydrogens is 344 g/mol. The largest absolute Gasteiger partial charge is 0.397 e. The summed E-state index contributed by atoms with van der Waals surface area (Å²) in [5.41, 5.74) is 9.92. The lowest BCUT2D eigenvalue weighted by molar-refractivity contribution is 0.0779. The quantitative estimate of drug-likeness (QED) is 0.886. The van der Waals surface area contributed by atoms with Crippen LogP contribution in [0.5, 0.6) is 0 Å². The van der Waals surface area contributed by atoms with Crippen molar-refractivity contribution in [3.05, 3.63) is 16.0 Å². The Morgan fingerprint density at radius 3 is 2.42 bits per heavy atom. The van der Waals surface area contributed by atoms with Gasteiger partial charge in [-0.2, -0.15) is 0 Å². The third-order valence-corrected chi connectivity index (χ3v) is 6.91. The standard InChI is InChI=1S/C20H28N4OS/c1-3-23(4-2)20(25)17-16(21)15-13-9-5-6-10-14(13)18(22-19(15)26-17)24-11-7-8-12-24/h3-12,21H2,1-2H3. The fourth-order valence-electron chi connectivity index (χ4n) is 4.40. The molecule has 1 fully saturated rings. The molecular formula is C20H28N4OS. The number of carbonyl (C=O) groups is 1.